The summed E-state index contributed by atoms with van der Waals surface area (Å²) >= 11 is 0. The summed E-state index contributed by atoms with van der Waals surface area (Å²) < 4.78 is 5.44. The Balaban J connectivity index is 4.50. The standard InChI is InChI=1S/C37H68O6/c1-4-7-10-13-14-15-16-17-18-19-20-21-22-25-28-31-34(40)43-37(35(41)32(38)29-26-23-11-8-5-2)36(42)33(39)30-27-24-12-9-6-3/h17-18,35-37,41-42H,4-16,19-31H2,1-3H3/b18-17-. The third-order valence-electron chi connectivity index (χ3n) is 8.25. The normalized spacial score (nSPS) is 13.7. The van der Waals surface area contributed by atoms with Crippen molar-refractivity contribution in [2.45, 2.75) is 206 Å². The fourth-order valence-electron chi connectivity index (χ4n) is 5.32. The molecule has 0 rings (SSSR count). The second kappa shape index (κ2) is 30.5. The highest BCUT2D eigenvalue weighted by Crippen LogP contribution is 2.17. The summed E-state index contributed by atoms with van der Waals surface area (Å²) in [6, 6.07) is 0. The van der Waals surface area contributed by atoms with Gasteiger partial charge in [0.25, 0.3) is 0 Å². The molecule has 0 saturated carbocycles. The van der Waals surface area contributed by atoms with Crippen LogP contribution in [-0.2, 0) is 19.1 Å². The van der Waals surface area contributed by atoms with Gasteiger partial charge in [-0.05, 0) is 44.9 Å². The first kappa shape index (κ1) is 41.5. The average Bonchev–Trinajstić information content (AvgIpc) is 3.00. The van der Waals surface area contributed by atoms with Crippen LogP contribution in [0.5, 0.6) is 0 Å². The Morgan fingerprint density at radius 3 is 1.21 bits per heavy atom. The fourth-order valence-corrected chi connectivity index (χ4v) is 5.32. The fraction of sp³-hybridized carbons (Fsp3) is 0.865. The second-order valence-corrected chi connectivity index (χ2v) is 12.4. The Labute approximate surface area is 264 Å². The lowest BCUT2D eigenvalue weighted by atomic mass is 9.95. The van der Waals surface area contributed by atoms with Crippen LogP contribution >= 0.6 is 0 Å². The largest absolute Gasteiger partial charge is 0.456 e. The van der Waals surface area contributed by atoms with Gasteiger partial charge in [-0.1, -0.05) is 136 Å². The smallest absolute Gasteiger partial charge is 0.306 e. The maximum absolute atomic E-state index is 12.7. The first-order valence-electron chi connectivity index (χ1n) is 18.1. The molecule has 0 bridgehead atoms. The summed E-state index contributed by atoms with van der Waals surface area (Å²) in [4.78, 5) is 38.0. The molecule has 0 amide bonds. The Kier molecular flexibility index (Phi) is 29.4. The van der Waals surface area contributed by atoms with E-state index in [1.54, 1.807) is 0 Å². The number of ether oxygens (including phenoxy) is 1. The van der Waals surface area contributed by atoms with Crippen LogP contribution in [0.1, 0.15) is 188 Å². The highest BCUT2D eigenvalue weighted by atomic mass is 16.6. The lowest BCUT2D eigenvalue weighted by Crippen LogP contribution is -2.48. The lowest BCUT2D eigenvalue weighted by molar-refractivity contribution is -0.170. The zero-order valence-electron chi connectivity index (χ0n) is 28.3. The van der Waals surface area contributed by atoms with Gasteiger partial charge in [-0.15, -0.1) is 0 Å². The highest BCUT2D eigenvalue weighted by molar-refractivity contribution is 5.88. The van der Waals surface area contributed by atoms with Gasteiger partial charge < -0.3 is 14.9 Å². The van der Waals surface area contributed by atoms with Crippen molar-refractivity contribution < 1.29 is 29.3 Å². The summed E-state index contributed by atoms with van der Waals surface area (Å²) in [5, 5.41) is 21.5. The molecule has 6 heteroatoms. The van der Waals surface area contributed by atoms with Crippen molar-refractivity contribution in [3.63, 3.8) is 0 Å². The van der Waals surface area contributed by atoms with E-state index in [1.165, 1.54) is 44.9 Å². The summed E-state index contributed by atoms with van der Waals surface area (Å²) in [5.41, 5.74) is 0. The van der Waals surface area contributed by atoms with E-state index in [0.29, 0.717) is 19.3 Å². The van der Waals surface area contributed by atoms with Gasteiger partial charge in [-0.25, -0.2) is 0 Å². The van der Waals surface area contributed by atoms with Gasteiger partial charge in [-0.2, -0.15) is 0 Å². The monoisotopic (exact) mass is 609 g/mol. The number of carbonyl (C=O) groups is 3. The van der Waals surface area contributed by atoms with Crippen LogP contribution in [0.2, 0.25) is 0 Å². The van der Waals surface area contributed by atoms with Gasteiger partial charge in [0.1, 0.15) is 0 Å². The van der Waals surface area contributed by atoms with Crippen LogP contribution in [-0.4, -0.2) is 46.1 Å². The molecule has 0 aromatic heterocycles. The third kappa shape index (κ3) is 24.5. The molecule has 0 fully saturated rings. The lowest BCUT2D eigenvalue weighted by Gasteiger charge is -2.26. The van der Waals surface area contributed by atoms with Gasteiger partial charge in [0.2, 0.25) is 0 Å². The summed E-state index contributed by atoms with van der Waals surface area (Å²) in [7, 11) is 0. The molecular weight excluding hydrogens is 540 g/mol. The van der Waals surface area contributed by atoms with E-state index in [4.69, 9.17) is 4.74 Å². The maximum atomic E-state index is 12.7. The Hall–Kier alpha value is -1.53. The van der Waals surface area contributed by atoms with Crippen molar-refractivity contribution in [1.29, 1.82) is 0 Å². The number of esters is 1. The average molecular weight is 609 g/mol. The summed E-state index contributed by atoms with van der Waals surface area (Å²) in [6.45, 7) is 6.48. The van der Waals surface area contributed by atoms with Crippen molar-refractivity contribution in [2.75, 3.05) is 0 Å². The van der Waals surface area contributed by atoms with Crippen LogP contribution in [0.4, 0.5) is 0 Å². The van der Waals surface area contributed by atoms with Crippen LogP contribution < -0.4 is 0 Å². The van der Waals surface area contributed by atoms with Gasteiger partial charge in [0, 0.05) is 19.3 Å². The molecule has 2 atom stereocenters. The third-order valence-corrected chi connectivity index (χ3v) is 8.25. The minimum Gasteiger partial charge on any atom is -0.456 e. The van der Waals surface area contributed by atoms with E-state index < -0.39 is 35.8 Å². The minimum atomic E-state index is -1.69. The summed E-state index contributed by atoms with van der Waals surface area (Å²) in [6.07, 6.45) is 24.6. The Morgan fingerprint density at radius 2 is 0.814 bits per heavy atom. The van der Waals surface area contributed by atoms with Crippen LogP contribution in [0.3, 0.4) is 0 Å². The number of unbranched alkanes of at least 4 members (excludes halogenated alkanes) is 19. The molecule has 0 aromatic rings. The van der Waals surface area contributed by atoms with Crippen LogP contribution in [0.25, 0.3) is 0 Å². The molecule has 252 valence electrons. The molecule has 0 radical (unpaired) electrons. The van der Waals surface area contributed by atoms with Gasteiger partial charge in [0.05, 0.1) is 0 Å². The van der Waals surface area contributed by atoms with Gasteiger partial charge >= 0.3 is 5.97 Å². The van der Waals surface area contributed by atoms with E-state index in [9.17, 15) is 24.6 Å². The Bertz CT molecular complexity index is 671. The number of allylic oxidation sites excluding steroid dienone is 2. The van der Waals surface area contributed by atoms with Crippen molar-refractivity contribution in [3.05, 3.63) is 12.2 Å². The molecule has 0 heterocycles. The summed E-state index contributed by atoms with van der Waals surface area (Å²) in [5.74, 6) is -1.54. The van der Waals surface area contributed by atoms with Crippen molar-refractivity contribution in [1.82, 2.24) is 0 Å². The molecule has 2 N–H and O–H groups in total. The quantitative estimate of drug-likeness (QED) is 0.0448. The zero-order chi connectivity index (χ0) is 32.0. The molecular formula is C37H68O6. The predicted molar refractivity (Wildman–Crippen MR) is 178 cm³/mol. The van der Waals surface area contributed by atoms with Gasteiger partial charge in [-0.3, -0.25) is 14.4 Å². The van der Waals surface area contributed by atoms with Crippen LogP contribution in [0, 0.1) is 0 Å². The zero-order valence-corrected chi connectivity index (χ0v) is 28.3. The number of Topliss-reactive ketones (excluding diaryl/α,β-unsaturated/α-hetero) is 2. The van der Waals surface area contributed by atoms with E-state index in [1.807, 2.05) is 0 Å². The van der Waals surface area contributed by atoms with Gasteiger partial charge in [0.15, 0.2) is 29.9 Å². The molecule has 6 nitrogen and oxygen atoms in total. The van der Waals surface area contributed by atoms with Crippen molar-refractivity contribution in [3.8, 4) is 0 Å². The van der Waals surface area contributed by atoms with E-state index in [2.05, 4.69) is 32.9 Å². The molecule has 0 aromatic carbocycles. The number of rotatable bonds is 32. The minimum absolute atomic E-state index is 0.143. The van der Waals surface area contributed by atoms with Crippen molar-refractivity contribution in [2.24, 2.45) is 0 Å². The first-order chi connectivity index (χ1) is 20.9. The number of hydrogen-bond acceptors (Lipinski definition) is 6. The van der Waals surface area contributed by atoms with E-state index in [0.717, 1.165) is 83.5 Å². The molecule has 0 aliphatic rings. The first-order valence-corrected chi connectivity index (χ1v) is 18.1. The van der Waals surface area contributed by atoms with E-state index in [-0.39, 0.29) is 19.3 Å². The SMILES string of the molecule is CCCCCCCC/C=C\CCCCCCCC(=O)OC(C(O)C(=O)CCCCCCC)C(O)C(=O)CCCCCCC. The molecule has 0 saturated heterocycles. The number of carbonyl (C=O) groups excluding carboxylic acids is 3. The number of ketones is 2. The molecule has 0 aliphatic carbocycles. The topological polar surface area (TPSA) is 101 Å². The van der Waals surface area contributed by atoms with Crippen molar-refractivity contribution >= 4 is 17.5 Å². The number of hydrogen-bond donors (Lipinski definition) is 2. The molecule has 43 heavy (non-hydrogen) atoms. The molecule has 0 aliphatic heterocycles. The van der Waals surface area contributed by atoms with E-state index >= 15 is 0 Å². The maximum Gasteiger partial charge on any atom is 0.306 e. The second-order valence-electron chi connectivity index (χ2n) is 12.4. The molecule has 0 spiro atoms. The number of aliphatic hydroxyl groups excluding tert-OH is 2. The van der Waals surface area contributed by atoms with Crippen LogP contribution in [0.15, 0.2) is 12.2 Å². The molecule has 2 unspecified atom stereocenters. The highest BCUT2D eigenvalue weighted by Gasteiger charge is 2.38. The Morgan fingerprint density at radius 1 is 0.488 bits per heavy atom. The number of aliphatic hydroxyl groups is 2. The predicted octanol–water partition coefficient (Wildman–Crippen LogP) is 9.52.